The number of anilines is 1. The Kier molecular flexibility index (Phi) is 27.5. The third kappa shape index (κ3) is 21.0. The first-order chi connectivity index (χ1) is 42.0. The van der Waals surface area contributed by atoms with Gasteiger partial charge < -0.3 is 81.7 Å². The first kappa shape index (κ1) is 72.7. The van der Waals surface area contributed by atoms with Crippen LogP contribution in [0, 0.1) is 17.8 Å². The molecule has 494 valence electrons. The summed E-state index contributed by atoms with van der Waals surface area (Å²) >= 11 is 7.71. The molecule has 0 radical (unpaired) electrons. The van der Waals surface area contributed by atoms with Gasteiger partial charge in [0.05, 0.1) is 45.0 Å². The lowest BCUT2D eigenvalue weighted by Gasteiger charge is -2.42. The van der Waals surface area contributed by atoms with Crippen molar-refractivity contribution in [2.24, 2.45) is 29.2 Å². The second-order valence-electron chi connectivity index (χ2n) is 23.1. The average molecular weight is 1290 g/mol. The Morgan fingerprint density at radius 3 is 2.31 bits per heavy atom. The second-order valence-corrected chi connectivity index (χ2v) is 24.8. The standard InChI is InChI=1S/C59H87ClN10O18S/c1-32-12-11-14-43(85-8)59(83)27-41(86-57(82)68-59)33(2)52-58(4,88-52)44(26-50(76)70(6)39-23-36(22-32)24-40(84-7)51(39)60)87-56(81)34(3)69(5)49(75)19-21-89-42(55(79)80)25-45(71)64-29-35-15-17-37(18-16-35)54(78)63-20-10-9-13-38(53(62)77)67-48(74)31-66-47(73)30-65-46(72)28-61/h11-12,14,23-24,33-35,37-38,41-44,52,83H,9-10,13,15-22,25-31,61H2,1-8H3,(H2,62,77)(H,63,78)(H,64,71)(H,65,72)(H,66,73)(H,67,74)(H,68,82)(H,79,80)/b14-11+,32-12+/t33-,34+,35?,37?,38?,41?,42+,43-,44+,52+,58+,59+/m1/s1. The number of likely N-dealkylation sites (N-methyl/N-ethyl adjacent to an activating group) is 1. The SMILES string of the molecule is COc1cc2cc(c1Cl)N(C)C(=O)C[C@H](OC(=O)[C@H](C)N(C)C(=O)CCS[C@@H](CC(=O)NCC1CCC(C(=O)NCCCCC(NC(=O)CNC(=O)CNC(=O)CN)C(N)=O)CC1)C(=O)O)[C@]1(C)O[C@H]1[C@H](C)C1C[C@@](O)(NC(=O)O1)[C@H](OC)/C=C/C=C(\C)C2. The van der Waals surface area contributed by atoms with Crippen LogP contribution in [-0.2, 0) is 73.3 Å². The molecule has 30 heteroatoms. The van der Waals surface area contributed by atoms with E-state index in [4.69, 9.17) is 46.8 Å². The van der Waals surface area contributed by atoms with Crippen LogP contribution in [0.3, 0.4) is 0 Å². The zero-order valence-electron chi connectivity index (χ0n) is 51.6. The number of allylic oxidation sites excluding steroid dienone is 3. The molecule has 5 rings (SSSR count). The molecule has 3 heterocycles. The van der Waals surface area contributed by atoms with Crippen molar-refractivity contribution in [3.05, 3.63) is 46.5 Å². The average Bonchev–Trinajstić information content (AvgIpc) is 1.62. The van der Waals surface area contributed by atoms with Crippen LogP contribution in [0.25, 0.3) is 0 Å². The van der Waals surface area contributed by atoms with Crippen LogP contribution in [0.15, 0.2) is 35.9 Å². The number of thioether (sulfide) groups is 1. The molecule has 1 saturated carbocycles. The molecule has 0 spiro atoms. The molecule has 4 aliphatic rings. The Hall–Kier alpha value is -7.05. The maximum Gasteiger partial charge on any atom is 0.409 e. The maximum atomic E-state index is 14.4. The number of nitrogens with two attached hydrogens (primary N) is 2. The molecule has 4 bridgehead atoms. The third-order valence-corrected chi connectivity index (χ3v) is 18.2. The van der Waals surface area contributed by atoms with Crippen molar-refractivity contribution in [2.75, 3.05) is 71.7 Å². The van der Waals surface area contributed by atoms with Crippen molar-refractivity contribution in [1.82, 2.24) is 36.8 Å². The number of esters is 1. The number of unbranched alkanes of at least 4 members (excludes halogenated alkanes) is 1. The number of rotatable bonds is 27. The van der Waals surface area contributed by atoms with Crippen molar-refractivity contribution >= 4 is 94.3 Å². The number of hydrogen-bond acceptors (Lipinski definition) is 19. The number of epoxide rings is 1. The Balaban J connectivity index is 1.10. The molecule has 9 amide bonds. The second kappa shape index (κ2) is 33.7. The highest BCUT2D eigenvalue weighted by Crippen LogP contribution is 2.49. The van der Waals surface area contributed by atoms with Crippen LogP contribution in [0.2, 0.25) is 5.02 Å². The molecular formula is C59H87ClN10O18S. The molecule has 28 nitrogen and oxygen atoms in total. The Morgan fingerprint density at radius 2 is 1.66 bits per heavy atom. The lowest BCUT2D eigenvalue weighted by molar-refractivity contribution is -0.162. The summed E-state index contributed by atoms with van der Waals surface area (Å²) in [6.45, 7) is 6.18. The number of carbonyl (C=O) groups excluding carboxylic acids is 10. The number of aliphatic carboxylic acids is 1. The summed E-state index contributed by atoms with van der Waals surface area (Å²) in [5.41, 5.74) is 9.27. The summed E-state index contributed by atoms with van der Waals surface area (Å²) in [7, 11) is 5.74. The highest BCUT2D eigenvalue weighted by molar-refractivity contribution is 8.00. The molecule has 1 aromatic carbocycles. The number of nitrogens with zero attached hydrogens (tertiary/aromatic N) is 2. The first-order valence-corrected chi connectivity index (χ1v) is 31.0. The fourth-order valence-corrected chi connectivity index (χ4v) is 12.2. The van der Waals surface area contributed by atoms with E-state index in [0.717, 1.165) is 27.8 Å². The quantitative estimate of drug-likeness (QED) is 0.0332. The molecule has 89 heavy (non-hydrogen) atoms. The van der Waals surface area contributed by atoms with Crippen molar-refractivity contribution in [3.8, 4) is 5.75 Å². The maximum absolute atomic E-state index is 14.4. The van der Waals surface area contributed by atoms with E-state index in [0.29, 0.717) is 62.9 Å². The summed E-state index contributed by atoms with van der Waals surface area (Å²) < 4.78 is 29.4. The topological polar surface area (TPSA) is 408 Å². The Bertz CT molecular complexity index is 2820. The third-order valence-electron chi connectivity index (χ3n) is 16.6. The van der Waals surface area contributed by atoms with E-state index in [9.17, 15) is 63.0 Å². The number of hydrogen-bond donors (Lipinski definition) is 10. The van der Waals surface area contributed by atoms with Gasteiger partial charge >= 0.3 is 18.0 Å². The van der Waals surface area contributed by atoms with Crippen molar-refractivity contribution in [3.63, 3.8) is 0 Å². The van der Waals surface area contributed by atoms with E-state index in [1.54, 1.807) is 38.1 Å². The van der Waals surface area contributed by atoms with Gasteiger partial charge in [0, 0.05) is 71.1 Å². The molecule has 1 aliphatic carbocycles. The fourth-order valence-electron chi connectivity index (χ4n) is 10.9. The monoisotopic (exact) mass is 1290 g/mol. The number of aliphatic hydroxyl groups is 1. The Labute approximate surface area is 526 Å². The van der Waals surface area contributed by atoms with Crippen molar-refractivity contribution in [2.45, 2.75) is 158 Å². The van der Waals surface area contributed by atoms with E-state index in [2.05, 4.69) is 31.9 Å². The number of ether oxygens (including phenoxy) is 5. The van der Waals surface area contributed by atoms with Gasteiger partial charge in [-0.3, -0.25) is 48.5 Å². The number of carboxylic acids is 1. The zero-order chi connectivity index (χ0) is 65.9. The normalized spacial score (nSPS) is 26.3. The van der Waals surface area contributed by atoms with Gasteiger partial charge in [0.15, 0.2) is 5.72 Å². The van der Waals surface area contributed by atoms with Gasteiger partial charge in [-0.1, -0.05) is 42.3 Å². The van der Waals surface area contributed by atoms with Crippen LogP contribution < -0.4 is 53.0 Å². The molecule has 3 aliphatic heterocycles. The fraction of sp³-hybridized carbons (Fsp3) is 0.644. The number of carbonyl (C=O) groups is 11. The van der Waals surface area contributed by atoms with Crippen molar-refractivity contribution < 1.29 is 86.6 Å². The van der Waals surface area contributed by atoms with Gasteiger partial charge in [0.25, 0.3) is 0 Å². The molecule has 10 atom stereocenters. The number of halogens is 1. The number of fused-ring (bicyclic) bond motifs is 5. The number of nitrogens with one attached hydrogen (secondary N) is 6. The molecule has 2 unspecified atom stereocenters. The molecule has 0 aromatic heterocycles. The Morgan fingerprint density at radius 1 is 0.978 bits per heavy atom. The zero-order valence-corrected chi connectivity index (χ0v) is 53.2. The summed E-state index contributed by atoms with van der Waals surface area (Å²) in [6, 6.07) is 1.26. The molecule has 2 saturated heterocycles. The van der Waals surface area contributed by atoms with Gasteiger partial charge in [-0.15, -0.1) is 11.8 Å². The van der Waals surface area contributed by atoms with Gasteiger partial charge in [-0.2, -0.15) is 0 Å². The first-order valence-electron chi connectivity index (χ1n) is 29.6. The number of carboxylic acid groups (broad SMARTS) is 1. The minimum absolute atomic E-state index is 0.0200. The van der Waals surface area contributed by atoms with Gasteiger partial charge in [-0.25, -0.2) is 9.59 Å². The summed E-state index contributed by atoms with van der Waals surface area (Å²) in [5.74, 6) is -7.01. The van der Waals surface area contributed by atoms with Gasteiger partial charge in [-0.05, 0) is 95.8 Å². The van der Waals surface area contributed by atoms with Crippen LogP contribution >= 0.6 is 23.4 Å². The smallest absolute Gasteiger partial charge is 0.409 e. The van der Waals surface area contributed by atoms with Crippen LogP contribution in [0.5, 0.6) is 5.75 Å². The number of primary amides is 1. The largest absolute Gasteiger partial charge is 0.495 e. The summed E-state index contributed by atoms with van der Waals surface area (Å²) in [4.78, 5) is 143. The number of amides is 9. The minimum Gasteiger partial charge on any atom is -0.495 e. The van der Waals surface area contributed by atoms with Gasteiger partial charge in [0.1, 0.15) is 52.0 Å². The van der Waals surface area contributed by atoms with E-state index < -0.39 is 131 Å². The molecular weight excluding hydrogens is 1200 g/mol. The highest BCUT2D eigenvalue weighted by atomic mass is 35.5. The van der Waals surface area contributed by atoms with E-state index in [1.165, 1.54) is 40.1 Å². The van der Waals surface area contributed by atoms with E-state index in [1.807, 2.05) is 13.0 Å². The van der Waals surface area contributed by atoms with Crippen LogP contribution in [-0.4, -0.2) is 200 Å². The summed E-state index contributed by atoms with van der Waals surface area (Å²) in [5, 5.41) is 36.1. The molecule has 12 N–H and O–H groups in total. The number of alkyl carbamates (subject to hydrolysis) is 1. The number of methoxy groups -OCH3 is 2. The molecule has 1 aromatic rings. The summed E-state index contributed by atoms with van der Waals surface area (Å²) in [6.07, 6.45) is 2.96. The van der Waals surface area contributed by atoms with Crippen LogP contribution in [0.1, 0.15) is 104 Å². The number of benzene rings is 1. The predicted octanol–water partition coefficient (Wildman–Crippen LogP) is 0.851. The highest BCUT2D eigenvalue weighted by Gasteiger charge is 2.64. The predicted molar refractivity (Wildman–Crippen MR) is 326 cm³/mol. The van der Waals surface area contributed by atoms with Crippen LogP contribution in [0.4, 0.5) is 10.5 Å². The minimum atomic E-state index is -1.91. The van der Waals surface area contributed by atoms with E-state index in [-0.39, 0.29) is 73.8 Å². The lowest BCUT2D eigenvalue weighted by atomic mass is 9.81. The lowest BCUT2D eigenvalue weighted by Crippen LogP contribution is -2.63. The van der Waals surface area contributed by atoms with Crippen molar-refractivity contribution in [1.29, 1.82) is 0 Å². The molecule has 3 fully saturated rings. The van der Waals surface area contributed by atoms with E-state index >= 15 is 0 Å². The van der Waals surface area contributed by atoms with Gasteiger partial charge in [0.2, 0.25) is 47.3 Å².